The first kappa shape index (κ1) is 13.1. The Kier molecular flexibility index (Phi) is 3.38. The Balaban J connectivity index is 1.79. The molecule has 2 aliphatic carbocycles. The summed E-state index contributed by atoms with van der Waals surface area (Å²) in [5, 5.41) is 0.288. The Hall–Kier alpha value is -0.890. The van der Waals surface area contributed by atoms with Gasteiger partial charge in [0, 0.05) is 17.2 Å². The second-order valence-corrected chi connectivity index (χ2v) is 6.43. The number of aryl methyl sites for hydroxylation is 1. The summed E-state index contributed by atoms with van der Waals surface area (Å²) in [4.78, 5) is 0. The molecular weight excluding hydrogens is 260 g/mol. The number of alkyl halides is 1. The van der Waals surface area contributed by atoms with E-state index >= 15 is 0 Å². The minimum Gasteiger partial charge on any atom is -0.493 e. The van der Waals surface area contributed by atoms with E-state index in [9.17, 15) is 0 Å². The number of methoxy groups -OCH3 is 1. The molecule has 2 atom stereocenters. The smallest absolute Gasteiger partial charge is 0.161 e. The van der Waals surface area contributed by atoms with Gasteiger partial charge in [-0.25, -0.2) is 0 Å². The summed E-state index contributed by atoms with van der Waals surface area (Å²) in [6.45, 7) is 2.06. The fourth-order valence-corrected chi connectivity index (χ4v) is 4.08. The Morgan fingerprint density at radius 2 is 1.95 bits per heavy atom. The van der Waals surface area contributed by atoms with E-state index in [1.807, 2.05) is 12.1 Å². The van der Waals surface area contributed by atoms with Gasteiger partial charge in [0.25, 0.3) is 0 Å². The van der Waals surface area contributed by atoms with Crippen LogP contribution in [0.5, 0.6) is 11.5 Å². The molecule has 2 saturated carbocycles. The molecular formula is C16H21ClO2. The first-order chi connectivity index (χ1) is 9.15. The van der Waals surface area contributed by atoms with Gasteiger partial charge in [-0.15, -0.1) is 11.6 Å². The van der Waals surface area contributed by atoms with Crippen LogP contribution in [-0.4, -0.2) is 18.6 Å². The van der Waals surface area contributed by atoms with Crippen LogP contribution in [0.3, 0.4) is 0 Å². The minimum atomic E-state index is 0.220. The summed E-state index contributed by atoms with van der Waals surface area (Å²) >= 11 is 6.46. The van der Waals surface area contributed by atoms with Crippen LogP contribution in [0.1, 0.15) is 37.7 Å². The highest BCUT2D eigenvalue weighted by molar-refractivity contribution is 6.21. The molecule has 19 heavy (non-hydrogen) atoms. The molecule has 1 aromatic carbocycles. The molecule has 2 aliphatic rings. The van der Waals surface area contributed by atoms with Crippen LogP contribution in [0.2, 0.25) is 0 Å². The lowest BCUT2D eigenvalue weighted by Gasteiger charge is -2.51. The monoisotopic (exact) mass is 280 g/mol. The highest BCUT2D eigenvalue weighted by atomic mass is 35.5. The van der Waals surface area contributed by atoms with Gasteiger partial charge in [-0.2, -0.15) is 0 Å². The second-order valence-electron chi connectivity index (χ2n) is 5.90. The molecule has 104 valence electrons. The Bertz CT molecular complexity index is 466. The number of halogens is 1. The van der Waals surface area contributed by atoms with Crippen LogP contribution >= 0.6 is 11.6 Å². The van der Waals surface area contributed by atoms with Crippen molar-refractivity contribution < 1.29 is 9.47 Å². The predicted molar refractivity (Wildman–Crippen MR) is 77.3 cm³/mol. The topological polar surface area (TPSA) is 18.5 Å². The molecule has 2 unspecified atom stereocenters. The third kappa shape index (κ3) is 2.10. The standard InChI is InChI=1S/C16H21ClO2/c1-11-5-6-12(13(9-11)18-2)19-15-10-14(17)16(15)7-3-4-8-16/h5-6,9,14-15H,3-4,7-8,10H2,1-2H3. The molecule has 0 amide bonds. The summed E-state index contributed by atoms with van der Waals surface area (Å²) in [5.41, 5.74) is 1.40. The average Bonchev–Trinajstić information content (AvgIpc) is 2.92. The molecule has 0 bridgehead atoms. The van der Waals surface area contributed by atoms with Crippen molar-refractivity contribution >= 4 is 11.6 Å². The number of benzene rings is 1. The van der Waals surface area contributed by atoms with Crippen molar-refractivity contribution in [3.63, 3.8) is 0 Å². The van der Waals surface area contributed by atoms with Gasteiger partial charge in [0.15, 0.2) is 11.5 Å². The van der Waals surface area contributed by atoms with E-state index in [4.69, 9.17) is 21.1 Å². The minimum absolute atomic E-state index is 0.220. The van der Waals surface area contributed by atoms with E-state index in [0.29, 0.717) is 0 Å². The molecule has 1 aromatic rings. The lowest BCUT2D eigenvalue weighted by atomic mass is 9.64. The van der Waals surface area contributed by atoms with Crippen LogP contribution in [0, 0.1) is 12.3 Å². The van der Waals surface area contributed by atoms with Crippen molar-refractivity contribution in [1.29, 1.82) is 0 Å². The normalized spacial score (nSPS) is 28.2. The first-order valence-electron chi connectivity index (χ1n) is 7.11. The predicted octanol–water partition coefficient (Wildman–Crippen LogP) is 4.32. The van der Waals surface area contributed by atoms with Gasteiger partial charge in [-0.05, 0) is 37.5 Å². The Labute approximate surface area is 120 Å². The van der Waals surface area contributed by atoms with Gasteiger partial charge < -0.3 is 9.47 Å². The first-order valence-corrected chi connectivity index (χ1v) is 7.55. The van der Waals surface area contributed by atoms with E-state index in [1.54, 1.807) is 7.11 Å². The van der Waals surface area contributed by atoms with E-state index in [2.05, 4.69) is 13.0 Å². The van der Waals surface area contributed by atoms with Crippen molar-refractivity contribution in [2.45, 2.75) is 50.5 Å². The number of ether oxygens (including phenoxy) is 2. The van der Waals surface area contributed by atoms with E-state index in [0.717, 1.165) is 17.9 Å². The van der Waals surface area contributed by atoms with E-state index < -0.39 is 0 Å². The average molecular weight is 281 g/mol. The zero-order chi connectivity index (χ0) is 13.5. The highest BCUT2D eigenvalue weighted by Gasteiger charge is 2.57. The molecule has 0 saturated heterocycles. The third-order valence-corrected chi connectivity index (χ3v) is 5.42. The molecule has 2 fully saturated rings. The molecule has 0 heterocycles. The van der Waals surface area contributed by atoms with Gasteiger partial charge in [-0.1, -0.05) is 18.9 Å². The molecule has 0 aliphatic heterocycles. The van der Waals surface area contributed by atoms with Crippen molar-refractivity contribution in [3.05, 3.63) is 23.8 Å². The number of rotatable bonds is 3. The maximum absolute atomic E-state index is 6.46. The molecule has 0 N–H and O–H groups in total. The van der Waals surface area contributed by atoms with E-state index in [-0.39, 0.29) is 16.9 Å². The largest absolute Gasteiger partial charge is 0.493 e. The molecule has 0 aromatic heterocycles. The van der Waals surface area contributed by atoms with Crippen LogP contribution in [0.4, 0.5) is 0 Å². The van der Waals surface area contributed by atoms with E-state index in [1.165, 1.54) is 31.2 Å². The van der Waals surface area contributed by atoms with Gasteiger partial charge in [0.1, 0.15) is 6.10 Å². The Morgan fingerprint density at radius 1 is 1.21 bits per heavy atom. The lowest BCUT2D eigenvalue weighted by Crippen LogP contribution is -2.55. The molecule has 1 spiro atoms. The van der Waals surface area contributed by atoms with Crippen LogP contribution < -0.4 is 9.47 Å². The maximum Gasteiger partial charge on any atom is 0.161 e. The lowest BCUT2D eigenvalue weighted by molar-refractivity contribution is -0.0367. The van der Waals surface area contributed by atoms with Crippen molar-refractivity contribution in [2.75, 3.05) is 7.11 Å². The van der Waals surface area contributed by atoms with Gasteiger partial charge in [0.05, 0.1) is 7.11 Å². The molecule has 3 rings (SSSR count). The summed E-state index contributed by atoms with van der Waals surface area (Å²) in [6, 6.07) is 6.10. The summed E-state index contributed by atoms with van der Waals surface area (Å²) in [6.07, 6.45) is 6.20. The zero-order valence-corrected chi connectivity index (χ0v) is 12.4. The Morgan fingerprint density at radius 3 is 2.58 bits per heavy atom. The molecule has 0 radical (unpaired) electrons. The summed E-state index contributed by atoms with van der Waals surface area (Å²) in [7, 11) is 1.69. The van der Waals surface area contributed by atoms with Gasteiger partial charge >= 0.3 is 0 Å². The fraction of sp³-hybridized carbons (Fsp3) is 0.625. The van der Waals surface area contributed by atoms with Crippen molar-refractivity contribution in [3.8, 4) is 11.5 Å². The summed E-state index contributed by atoms with van der Waals surface area (Å²) < 4.78 is 11.6. The van der Waals surface area contributed by atoms with Crippen molar-refractivity contribution in [1.82, 2.24) is 0 Å². The number of hydrogen-bond donors (Lipinski definition) is 0. The molecule has 2 nitrogen and oxygen atoms in total. The fourth-order valence-electron chi connectivity index (χ4n) is 3.56. The van der Waals surface area contributed by atoms with Crippen LogP contribution in [-0.2, 0) is 0 Å². The number of hydrogen-bond acceptors (Lipinski definition) is 2. The summed E-state index contributed by atoms with van der Waals surface area (Å²) in [5.74, 6) is 1.68. The quantitative estimate of drug-likeness (QED) is 0.768. The third-order valence-electron chi connectivity index (χ3n) is 4.81. The molecule has 3 heteroatoms. The zero-order valence-electron chi connectivity index (χ0n) is 11.6. The van der Waals surface area contributed by atoms with Crippen LogP contribution in [0.25, 0.3) is 0 Å². The highest BCUT2D eigenvalue weighted by Crippen LogP contribution is 2.57. The van der Waals surface area contributed by atoms with Gasteiger partial charge in [0.2, 0.25) is 0 Å². The van der Waals surface area contributed by atoms with Crippen LogP contribution in [0.15, 0.2) is 18.2 Å². The van der Waals surface area contributed by atoms with Crippen molar-refractivity contribution in [2.24, 2.45) is 5.41 Å². The van der Waals surface area contributed by atoms with Gasteiger partial charge in [-0.3, -0.25) is 0 Å². The SMILES string of the molecule is COc1cc(C)ccc1OC1CC(Cl)C12CCCC2. The maximum atomic E-state index is 6.46. The second kappa shape index (κ2) is 4.90.